The van der Waals surface area contributed by atoms with Crippen LogP contribution in [0.2, 0.25) is 0 Å². The third kappa shape index (κ3) is 4.85. The Morgan fingerprint density at radius 2 is 1.94 bits per heavy atom. The number of rotatable bonds is 7. The number of carbonyl (C=O) groups excluding carboxylic acids is 1. The second kappa shape index (κ2) is 9.99. The number of aromatic hydroxyl groups is 1. The number of nitro benzene ring substituents is 1. The summed E-state index contributed by atoms with van der Waals surface area (Å²) in [6.07, 6.45) is 1.22. The molecule has 0 fully saturated rings. The molecule has 2 aromatic heterocycles. The number of nitrogens with zero attached hydrogens (tertiary/aromatic N) is 4. The number of carbonyl (C=O) groups is 1. The molecule has 1 atom stereocenters. The average molecular weight is 490 g/mol. The highest BCUT2D eigenvalue weighted by atomic mass is 16.6. The Kier molecular flexibility index (Phi) is 6.65. The molecular formula is C23H18N6O7. The summed E-state index contributed by atoms with van der Waals surface area (Å²) in [4.78, 5) is 46.5. The molecule has 0 aliphatic carbocycles. The lowest BCUT2D eigenvalue weighted by molar-refractivity contribution is -0.384. The van der Waals surface area contributed by atoms with Gasteiger partial charge in [0.05, 0.1) is 23.1 Å². The summed E-state index contributed by atoms with van der Waals surface area (Å²) in [5, 5.41) is 36.1. The first kappa shape index (κ1) is 24.0. The number of benzene rings is 2. The van der Waals surface area contributed by atoms with Crippen LogP contribution >= 0.6 is 0 Å². The number of amides is 1. The van der Waals surface area contributed by atoms with Crippen LogP contribution in [0.15, 0.2) is 70.8 Å². The van der Waals surface area contributed by atoms with E-state index >= 15 is 0 Å². The zero-order chi connectivity index (χ0) is 25.8. The Balaban J connectivity index is 1.82. The fourth-order valence-electron chi connectivity index (χ4n) is 3.31. The molecule has 4 aromatic rings. The topological polar surface area (TPSA) is 193 Å². The number of nitro groups is 1. The van der Waals surface area contributed by atoms with Crippen molar-refractivity contribution in [2.24, 2.45) is 5.10 Å². The van der Waals surface area contributed by atoms with Crippen molar-refractivity contribution in [1.82, 2.24) is 20.4 Å². The van der Waals surface area contributed by atoms with Crippen molar-refractivity contribution in [3.05, 3.63) is 98.2 Å². The van der Waals surface area contributed by atoms with Gasteiger partial charge >= 0.3 is 0 Å². The van der Waals surface area contributed by atoms with E-state index < -0.39 is 22.5 Å². The molecular weight excluding hydrogens is 472 g/mol. The van der Waals surface area contributed by atoms with Gasteiger partial charge in [-0.25, -0.2) is 10.4 Å². The number of hydrazone groups is 1. The minimum atomic E-state index is -1.60. The maximum Gasteiger partial charge on any atom is 0.276 e. The van der Waals surface area contributed by atoms with Gasteiger partial charge in [-0.15, -0.1) is 0 Å². The second-order valence-electron chi connectivity index (χ2n) is 7.38. The van der Waals surface area contributed by atoms with E-state index in [0.29, 0.717) is 0 Å². The number of pyridine rings is 1. The van der Waals surface area contributed by atoms with E-state index in [-0.39, 0.29) is 50.8 Å². The first-order valence-electron chi connectivity index (χ1n) is 10.3. The third-order valence-corrected chi connectivity index (χ3v) is 5.13. The number of phenolic OH excluding ortho intramolecular Hbond substituents is 1. The molecule has 13 nitrogen and oxygen atoms in total. The number of aliphatic hydroxyl groups is 1. The van der Waals surface area contributed by atoms with E-state index in [1.807, 2.05) is 0 Å². The summed E-state index contributed by atoms with van der Waals surface area (Å²) >= 11 is 0. The molecule has 0 aliphatic heterocycles. The normalized spacial score (nSPS) is 12.2. The number of nitrogens with one attached hydrogen (secondary N) is 2. The molecule has 2 heterocycles. The van der Waals surface area contributed by atoms with Crippen LogP contribution in [0, 0.1) is 10.1 Å². The molecule has 36 heavy (non-hydrogen) atoms. The Morgan fingerprint density at radius 3 is 2.64 bits per heavy atom. The lowest BCUT2D eigenvalue weighted by atomic mass is 10.0. The number of ether oxygens (including phenoxy) is 1. The fraction of sp³-hybridized carbons (Fsp3) is 0.0870. The van der Waals surface area contributed by atoms with Crippen molar-refractivity contribution in [2.45, 2.75) is 6.10 Å². The Hall–Kier alpha value is -5.17. The lowest BCUT2D eigenvalue weighted by Crippen LogP contribution is -2.29. The SMILES string of the molecule is COc1cc(C(O)/C(=N\NC(=O)c2ccncc2)c2nc3ccc([N+](=O)[O-])cc3[nH]c2=O)ccc1O. The van der Waals surface area contributed by atoms with Crippen LogP contribution < -0.4 is 15.7 Å². The summed E-state index contributed by atoms with van der Waals surface area (Å²) in [7, 11) is 1.32. The maximum atomic E-state index is 12.9. The fourth-order valence-corrected chi connectivity index (χ4v) is 3.31. The van der Waals surface area contributed by atoms with Gasteiger partial charge in [-0.3, -0.25) is 24.7 Å². The first-order chi connectivity index (χ1) is 17.3. The summed E-state index contributed by atoms with van der Waals surface area (Å²) in [5.41, 5.74) is 1.23. The van der Waals surface area contributed by atoms with Gasteiger partial charge in [0.2, 0.25) is 0 Å². The van der Waals surface area contributed by atoms with Crippen LogP contribution in [0.4, 0.5) is 5.69 Å². The molecule has 0 spiro atoms. The number of non-ortho nitro benzene ring substituents is 1. The van der Waals surface area contributed by atoms with Gasteiger partial charge in [0.25, 0.3) is 17.2 Å². The zero-order valence-electron chi connectivity index (χ0n) is 18.6. The van der Waals surface area contributed by atoms with E-state index in [2.05, 4.69) is 25.5 Å². The van der Waals surface area contributed by atoms with Crippen LogP contribution in [-0.4, -0.2) is 48.8 Å². The second-order valence-corrected chi connectivity index (χ2v) is 7.38. The molecule has 0 saturated heterocycles. The standard InChI is InChI=1S/C23H18N6O7/c1-36-18-10-13(2-5-17(18)30)21(31)19(27-28-22(32)12-6-8-24-9-7-12)20-23(33)26-16-11-14(29(34)35)3-4-15(16)25-20/h2-11,21,30-31H,1H3,(H,26,33)(H,28,32)/b27-19-. The summed E-state index contributed by atoms with van der Waals surface area (Å²) in [6.45, 7) is 0. The van der Waals surface area contributed by atoms with E-state index in [1.54, 1.807) is 0 Å². The molecule has 2 aromatic carbocycles. The maximum absolute atomic E-state index is 12.9. The van der Waals surface area contributed by atoms with Crippen LogP contribution in [0.1, 0.15) is 27.7 Å². The molecule has 0 bridgehead atoms. The predicted molar refractivity (Wildman–Crippen MR) is 127 cm³/mol. The van der Waals surface area contributed by atoms with Crippen molar-refractivity contribution in [1.29, 1.82) is 0 Å². The number of hydrogen-bond acceptors (Lipinski definition) is 10. The van der Waals surface area contributed by atoms with E-state index in [4.69, 9.17) is 4.74 Å². The smallest absolute Gasteiger partial charge is 0.276 e. The van der Waals surface area contributed by atoms with Crippen molar-refractivity contribution >= 4 is 28.3 Å². The van der Waals surface area contributed by atoms with Gasteiger partial charge in [-0.05, 0) is 35.9 Å². The van der Waals surface area contributed by atoms with Gasteiger partial charge in [-0.2, -0.15) is 5.10 Å². The highest BCUT2D eigenvalue weighted by molar-refractivity contribution is 6.04. The predicted octanol–water partition coefficient (Wildman–Crippen LogP) is 1.81. The number of aliphatic hydroxyl groups excluding tert-OH is 1. The van der Waals surface area contributed by atoms with Crippen molar-refractivity contribution < 1.29 is 24.7 Å². The Labute approximate surface area is 201 Å². The lowest BCUT2D eigenvalue weighted by Gasteiger charge is -2.15. The van der Waals surface area contributed by atoms with Crippen molar-refractivity contribution in [3.8, 4) is 11.5 Å². The van der Waals surface area contributed by atoms with Gasteiger partial charge in [0.1, 0.15) is 11.8 Å². The number of hydrogen-bond donors (Lipinski definition) is 4. The molecule has 182 valence electrons. The number of aromatic nitrogens is 3. The molecule has 4 N–H and O–H groups in total. The highest BCUT2D eigenvalue weighted by Gasteiger charge is 2.24. The third-order valence-electron chi connectivity index (χ3n) is 5.13. The van der Waals surface area contributed by atoms with Crippen molar-refractivity contribution in [3.63, 3.8) is 0 Å². The largest absolute Gasteiger partial charge is 0.504 e. The summed E-state index contributed by atoms with van der Waals surface area (Å²) in [6, 6.07) is 10.6. The first-order valence-corrected chi connectivity index (χ1v) is 10.3. The zero-order valence-corrected chi connectivity index (χ0v) is 18.6. The van der Waals surface area contributed by atoms with E-state index in [9.17, 15) is 29.9 Å². The summed E-state index contributed by atoms with van der Waals surface area (Å²) < 4.78 is 5.07. The monoisotopic (exact) mass is 490 g/mol. The van der Waals surface area contributed by atoms with Gasteiger partial charge in [0, 0.05) is 30.1 Å². The van der Waals surface area contributed by atoms with E-state index in [1.165, 1.54) is 62.0 Å². The molecule has 1 unspecified atom stereocenters. The van der Waals surface area contributed by atoms with Crippen LogP contribution in [0.5, 0.6) is 11.5 Å². The highest BCUT2D eigenvalue weighted by Crippen LogP contribution is 2.30. The molecule has 13 heteroatoms. The number of fused-ring (bicyclic) bond motifs is 1. The van der Waals surface area contributed by atoms with Crippen LogP contribution in [0.3, 0.4) is 0 Å². The van der Waals surface area contributed by atoms with E-state index in [0.717, 1.165) is 6.07 Å². The van der Waals surface area contributed by atoms with Crippen LogP contribution in [-0.2, 0) is 0 Å². The molecule has 4 rings (SSSR count). The average Bonchev–Trinajstić information content (AvgIpc) is 2.89. The minimum Gasteiger partial charge on any atom is -0.504 e. The number of phenols is 1. The molecule has 1 amide bonds. The minimum absolute atomic E-state index is 0.0550. The van der Waals surface area contributed by atoms with Gasteiger partial charge in [0.15, 0.2) is 17.2 Å². The Bertz CT molecular complexity index is 1550. The molecule has 0 radical (unpaired) electrons. The van der Waals surface area contributed by atoms with Crippen LogP contribution in [0.25, 0.3) is 11.0 Å². The van der Waals surface area contributed by atoms with Gasteiger partial charge < -0.3 is 19.9 Å². The number of methoxy groups -OCH3 is 1. The van der Waals surface area contributed by atoms with Gasteiger partial charge in [-0.1, -0.05) is 6.07 Å². The molecule has 0 saturated carbocycles. The number of H-pyrrole nitrogens is 1. The quantitative estimate of drug-likeness (QED) is 0.170. The molecule has 0 aliphatic rings. The Morgan fingerprint density at radius 1 is 1.19 bits per heavy atom. The van der Waals surface area contributed by atoms with Crippen molar-refractivity contribution in [2.75, 3.05) is 7.11 Å². The summed E-state index contributed by atoms with van der Waals surface area (Å²) in [5.74, 6) is -0.765. The number of aromatic amines is 1.